The van der Waals surface area contributed by atoms with Gasteiger partial charge >= 0.3 is 0 Å². The van der Waals surface area contributed by atoms with Crippen molar-refractivity contribution in [2.24, 2.45) is 10.9 Å². The Morgan fingerprint density at radius 1 is 1.28 bits per heavy atom. The highest BCUT2D eigenvalue weighted by atomic mass is 16.5. The Hall–Kier alpha value is -2.63. The maximum absolute atomic E-state index is 5.32. The fourth-order valence-electron chi connectivity index (χ4n) is 3.93. The third-order valence-corrected chi connectivity index (χ3v) is 5.40. The van der Waals surface area contributed by atoms with Gasteiger partial charge in [-0.15, -0.1) is 0 Å². The van der Waals surface area contributed by atoms with Crippen molar-refractivity contribution in [3.63, 3.8) is 0 Å². The highest BCUT2D eigenvalue weighted by molar-refractivity contribution is 5.68. The van der Waals surface area contributed by atoms with Crippen molar-refractivity contribution >= 4 is 17.7 Å². The summed E-state index contributed by atoms with van der Waals surface area (Å²) in [5, 5.41) is 4.55. The minimum absolute atomic E-state index is 0.450. The average molecular weight is 335 g/mol. The second-order valence-corrected chi connectivity index (χ2v) is 7.19. The monoisotopic (exact) mass is 335 g/mol. The van der Waals surface area contributed by atoms with Gasteiger partial charge in [-0.2, -0.15) is 5.10 Å². The Bertz CT molecular complexity index is 999. The highest BCUT2D eigenvalue weighted by Gasteiger charge is 2.44. The molecule has 3 aromatic heterocycles. The van der Waals surface area contributed by atoms with Crippen LogP contribution in [0.3, 0.4) is 0 Å². The lowest BCUT2D eigenvalue weighted by Gasteiger charge is -2.13. The van der Waals surface area contributed by atoms with Gasteiger partial charge in [-0.25, -0.2) is 14.7 Å². The fourth-order valence-corrected chi connectivity index (χ4v) is 3.93. The molecular weight excluding hydrogens is 314 g/mol. The van der Waals surface area contributed by atoms with Gasteiger partial charge in [-0.3, -0.25) is 0 Å². The summed E-state index contributed by atoms with van der Waals surface area (Å²) in [6, 6.07) is 3.96. The largest absolute Gasteiger partial charge is 0.497 e. The standard InChI is InChI=1S/C19H21N5O/c1-11-8-20-19-16(9-21-24(19)10-11)14-7-15(14)18-12(2)23-5-4-13(25-3)6-17(23)22-18/h4-6,8-9,11,14-15H,7,10H2,1-3H3. The summed E-state index contributed by atoms with van der Waals surface area (Å²) < 4.78 is 9.50. The number of aryl methyl sites for hydroxylation is 1. The fraction of sp³-hybridized carbons (Fsp3) is 0.421. The number of aromatic nitrogens is 4. The summed E-state index contributed by atoms with van der Waals surface area (Å²) in [5.41, 5.74) is 4.61. The molecule has 6 nitrogen and oxygen atoms in total. The van der Waals surface area contributed by atoms with Gasteiger partial charge < -0.3 is 9.14 Å². The summed E-state index contributed by atoms with van der Waals surface area (Å²) in [6.45, 7) is 5.23. The zero-order valence-electron chi connectivity index (χ0n) is 14.7. The van der Waals surface area contributed by atoms with Crippen LogP contribution in [-0.2, 0) is 6.54 Å². The predicted molar refractivity (Wildman–Crippen MR) is 96.1 cm³/mol. The molecule has 0 amide bonds. The van der Waals surface area contributed by atoms with Crippen molar-refractivity contribution in [1.29, 1.82) is 0 Å². The average Bonchev–Trinajstić information content (AvgIpc) is 3.18. The molecule has 0 saturated heterocycles. The Morgan fingerprint density at radius 2 is 2.16 bits per heavy atom. The van der Waals surface area contributed by atoms with E-state index in [9.17, 15) is 0 Å². The molecule has 4 heterocycles. The lowest BCUT2D eigenvalue weighted by Crippen LogP contribution is -2.13. The number of rotatable bonds is 3. The van der Waals surface area contributed by atoms with Crippen molar-refractivity contribution in [1.82, 2.24) is 19.2 Å². The number of aliphatic imine (C=N–C) groups is 1. The summed E-state index contributed by atoms with van der Waals surface area (Å²) in [6.07, 6.45) is 7.19. The predicted octanol–water partition coefficient (Wildman–Crippen LogP) is 3.47. The van der Waals surface area contributed by atoms with Crippen molar-refractivity contribution in [2.75, 3.05) is 7.11 Å². The summed E-state index contributed by atoms with van der Waals surface area (Å²) in [4.78, 5) is 9.53. The van der Waals surface area contributed by atoms with Gasteiger partial charge in [0, 0.05) is 41.6 Å². The summed E-state index contributed by atoms with van der Waals surface area (Å²) in [5.74, 6) is 3.25. The molecule has 2 aliphatic rings. The molecule has 128 valence electrons. The van der Waals surface area contributed by atoms with E-state index in [4.69, 9.17) is 9.72 Å². The minimum atomic E-state index is 0.450. The molecule has 0 N–H and O–H groups in total. The number of pyridine rings is 1. The first-order valence-electron chi connectivity index (χ1n) is 8.78. The van der Waals surface area contributed by atoms with Crippen LogP contribution in [0.1, 0.15) is 42.1 Å². The van der Waals surface area contributed by atoms with E-state index in [1.165, 1.54) is 17.0 Å². The van der Waals surface area contributed by atoms with Crippen LogP contribution in [0.4, 0.5) is 5.82 Å². The van der Waals surface area contributed by atoms with Crippen LogP contribution in [-0.4, -0.2) is 32.5 Å². The quantitative estimate of drug-likeness (QED) is 0.736. The number of nitrogens with zero attached hydrogens (tertiary/aromatic N) is 5. The van der Waals surface area contributed by atoms with Crippen molar-refractivity contribution in [3.8, 4) is 5.75 Å². The highest BCUT2D eigenvalue weighted by Crippen LogP contribution is 2.57. The zero-order valence-corrected chi connectivity index (χ0v) is 14.7. The van der Waals surface area contributed by atoms with E-state index in [-0.39, 0.29) is 0 Å². The molecule has 1 aliphatic carbocycles. The topological polar surface area (TPSA) is 56.7 Å². The Kier molecular flexibility index (Phi) is 3.04. The maximum atomic E-state index is 5.32. The lowest BCUT2D eigenvalue weighted by molar-refractivity contribution is 0.414. The molecule has 0 spiro atoms. The Balaban J connectivity index is 1.49. The second kappa shape index (κ2) is 5.18. The first kappa shape index (κ1) is 14.7. The lowest BCUT2D eigenvalue weighted by atomic mass is 10.1. The van der Waals surface area contributed by atoms with Crippen LogP contribution >= 0.6 is 0 Å². The number of ether oxygens (including phenoxy) is 1. The Morgan fingerprint density at radius 3 is 3.00 bits per heavy atom. The molecule has 1 fully saturated rings. The van der Waals surface area contributed by atoms with Crippen molar-refractivity contribution < 1.29 is 4.74 Å². The second-order valence-electron chi connectivity index (χ2n) is 7.19. The van der Waals surface area contributed by atoms with Crippen LogP contribution in [0.5, 0.6) is 5.75 Å². The number of hydrogen-bond donors (Lipinski definition) is 0. The normalized spacial score (nSPS) is 24.5. The van der Waals surface area contributed by atoms with Gasteiger partial charge in [0.2, 0.25) is 0 Å². The van der Waals surface area contributed by atoms with Crippen LogP contribution < -0.4 is 4.74 Å². The van der Waals surface area contributed by atoms with Crippen LogP contribution in [0.2, 0.25) is 0 Å². The number of imidazole rings is 1. The van der Waals surface area contributed by atoms with E-state index in [0.29, 0.717) is 17.8 Å². The molecule has 25 heavy (non-hydrogen) atoms. The molecule has 0 aromatic carbocycles. The van der Waals surface area contributed by atoms with E-state index in [2.05, 4.69) is 28.3 Å². The minimum Gasteiger partial charge on any atom is -0.497 e. The molecule has 5 rings (SSSR count). The Labute approximate surface area is 146 Å². The van der Waals surface area contributed by atoms with E-state index in [0.717, 1.165) is 30.2 Å². The van der Waals surface area contributed by atoms with Crippen molar-refractivity contribution in [2.45, 2.75) is 38.6 Å². The van der Waals surface area contributed by atoms with Crippen LogP contribution in [0.15, 0.2) is 29.5 Å². The zero-order chi connectivity index (χ0) is 17.1. The third kappa shape index (κ3) is 2.20. The molecule has 0 bridgehead atoms. The summed E-state index contributed by atoms with van der Waals surface area (Å²) >= 11 is 0. The number of methoxy groups -OCH3 is 1. The first-order valence-corrected chi connectivity index (χ1v) is 8.78. The number of fused-ring (bicyclic) bond motifs is 2. The van der Waals surface area contributed by atoms with E-state index in [1.807, 2.05) is 35.4 Å². The van der Waals surface area contributed by atoms with Gasteiger partial charge in [-0.05, 0) is 25.3 Å². The van der Waals surface area contributed by atoms with Crippen LogP contribution in [0, 0.1) is 12.8 Å². The third-order valence-electron chi connectivity index (χ3n) is 5.40. The van der Waals surface area contributed by atoms with Gasteiger partial charge in [0.15, 0.2) is 5.82 Å². The number of hydrogen-bond acceptors (Lipinski definition) is 4. The maximum Gasteiger partial charge on any atom is 0.153 e. The van der Waals surface area contributed by atoms with Gasteiger partial charge in [0.25, 0.3) is 0 Å². The summed E-state index contributed by atoms with van der Waals surface area (Å²) in [7, 11) is 1.68. The van der Waals surface area contributed by atoms with E-state index < -0.39 is 0 Å². The molecular formula is C19H21N5O. The molecule has 3 unspecified atom stereocenters. The molecule has 6 heteroatoms. The first-order chi connectivity index (χ1) is 12.2. The smallest absolute Gasteiger partial charge is 0.153 e. The molecule has 1 saturated carbocycles. The van der Waals surface area contributed by atoms with Gasteiger partial charge in [0.1, 0.15) is 11.4 Å². The van der Waals surface area contributed by atoms with Gasteiger partial charge in [0.05, 0.1) is 25.5 Å². The van der Waals surface area contributed by atoms with Crippen LogP contribution in [0.25, 0.3) is 5.65 Å². The molecule has 3 aromatic rings. The molecule has 1 aliphatic heterocycles. The van der Waals surface area contributed by atoms with Crippen molar-refractivity contribution in [3.05, 3.63) is 41.5 Å². The molecule has 0 radical (unpaired) electrons. The van der Waals surface area contributed by atoms with Gasteiger partial charge in [-0.1, -0.05) is 6.92 Å². The SMILES string of the molecule is COc1ccn2c(C)c(C3CC3c3cnn4c3N=CC(C)C4)nc2c1. The van der Waals surface area contributed by atoms with E-state index >= 15 is 0 Å². The molecule has 3 atom stereocenters. The van der Waals surface area contributed by atoms with E-state index in [1.54, 1.807) is 7.11 Å².